The smallest absolute Gasteiger partial charge is 0.315 e. The fraction of sp³-hybridized carbons (Fsp3) is 0.579. The van der Waals surface area contributed by atoms with E-state index in [1.54, 1.807) is 24.3 Å². The molecule has 1 unspecified atom stereocenters. The largest absolute Gasteiger partial charge is 0.492 e. The summed E-state index contributed by atoms with van der Waals surface area (Å²) in [4.78, 5) is 12.2. The Hall–Kier alpha value is -2.26. The van der Waals surface area contributed by atoms with E-state index in [4.69, 9.17) is 14.7 Å². The summed E-state index contributed by atoms with van der Waals surface area (Å²) in [5.74, 6) is 0.693. The molecule has 0 aromatic heterocycles. The number of carbonyl (C=O) groups is 1. The van der Waals surface area contributed by atoms with E-state index in [2.05, 4.69) is 16.7 Å². The number of hydrogen-bond acceptors (Lipinski definition) is 4. The Labute approximate surface area is 148 Å². The highest BCUT2D eigenvalue weighted by Crippen LogP contribution is 2.45. The van der Waals surface area contributed by atoms with Crippen LogP contribution in [0, 0.1) is 16.7 Å². The fourth-order valence-electron chi connectivity index (χ4n) is 3.91. The maximum absolute atomic E-state index is 12.2. The van der Waals surface area contributed by atoms with Crippen molar-refractivity contribution in [3.05, 3.63) is 29.8 Å². The van der Waals surface area contributed by atoms with Gasteiger partial charge in [0, 0.05) is 19.3 Å². The summed E-state index contributed by atoms with van der Waals surface area (Å²) >= 11 is 0. The second-order valence-corrected chi connectivity index (χ2v) is 6.80. The van der Waals surface area contributed by atoms with Crippen LogP contribution in [0.5, 0.6) is 5.75 Å². The number of nitriles is 1. The van der Waals surface area contributed by atoms with Gasteiger partial charge in [0.15, 0.2) is 0 Å². The first-order valence-electron chi connectivity index (χ1n) is 8.97. The second kappa shape index (κ2) is 8.21. The summed E-state index contributed by atoms with van der Waals surface area (Å²) in [6.07, 6.45) is 5.49. The molecule has 2 fully saturated rings. The fourth-order valence-corrected chi connectivity index (χ4v) is 3.91. The first-order chi connectivity index (χ1) is 12.2. The molecule has 2 aliphatic rings. The minimum Gasteiger partial charge on any atom is -0.492 e. The van der Waals surface area contributed by atoms with E-state index in [0.29, 0.717) is 24.5 Å². The van der Waals surface area contributed by atoms with E-state index in [-0.39, 0.29) is 17.5 Å². The van der Waals surface area contributed by atoms with E-state index in [9.17, 15) is 4.79 Å². The quantitative estimate of drug-likeness (QED) is 0.805. The molecule has 134 valence electrons. The van der Waals surface area contributed by atoms with Crippen molar-refractivity contribution in [3.63, 3.8) is 0 Å². The van der Waals surface area contributed by atoms with Gasteiger partial charge < -0.3 is 20.1 Å². The van der Waals surface area contributed by atoms with Crippen molar-refractivity contribution in [1.82, 2.24) is 10.6 Å². The van der Waals surface area contributed by atoms with Crippen LogP contribution in [0.3, 0.4) is 0 Å². The van der Waals surface area contributed by atoms with Gasteiger partial charge in [-0.15, -0.1) is 0 Å². The van der Waals surface area contributed by atoms with Gasteiger partial charge in [-0.3, -0.25) is 0 Å². The van der Waals surface area contributed by atoms with Crippen molar-refractivity contribution in [2.24, 2.45) is 5.41 Å². The van der Waals surface area contributed by atoms with Crippen molar-refractivity contribution in [1.29, 1.82) is 5.26 Å². The van der Waals surface area contributed by atoms with Crippen molar-refractivity contribution in [2.75, 3.05) is 26.4 Å². The first kappa shape index (κ1) is 17.6. The molecule has 25 heavy (non-hydrogen) atoms. The molecule has 1 aliphatic heterocycles. The number of hydrogen-bond donors (Lipinski definition) is 2. The monoisotopic (exact) mass is 343 g/mol. The van der Waals surface area contributed by atoms with Crippen molar-refractivity contribution >= 4 is 6.03 Å². The summed E-state index contributed by atoms with van der Waals surface area (Å²) in [7, 11) is 0. The van der Waals surface area contributed by atoms with Crippen molar-refractivity contribution in [2.45, 2.75) is 38.1 Å². The predicted octanol–water partition coefficient (Wildman–Crippen LogP) is 2.59. The summed E-state index contributed by atoms with van der Waals surface area (Å²) in [6, 6.07) is 9.12. The van der Waals surface area contributed by atoms with Gasteiger partial charge in [-0.25, -0.2) is 4.79 Å². The minimum absolute atomic E-state index is 0.124. The van der Waals surface area contributed by atoms with Crippen LogP contribution in [0.25, 0.3) is 0 Å². The lowest BCUT2D eigenvalue weighted by atomic mass is 9.75. The molecule has 1 aromatic rings. The Bertz CT molecular complexity index is 618. The third-order valence-corrected chi connectivity index (χ3v) is 5.34. The zero-order chi connectivity index (χ0) is 17.5. The molecule has 0 radical (unpaired) electrons. The topological polar surface area (TPSA) is 83.4 Å². The minimum atomic E-state index is -0.124. The molecule has 6 heteroatoms. The van der Waals surface area contributed by atoms with E-state index >= 15 is 0 Å². The molecule has 2 N–H and O–H groups in total. The van der Waals surface area contributed by atoms with E-state index in [1.165, 1.54) is 12.8 Å². The van der Waals surface area contributed by atoms with Crippen LogP contribution in [-0.2, 0) is 4.74 Å². The van der Waals surface area contributed by atoms with Gasteiger partial charge in [0.05, 0.1) is 18.2 Å². The standard InChI is InChI=1S/C19H25N3O3/c20-14-15-3-5-16(6-4-15)25-13-10-21-18(23)22-17-2-1-7-19(17)8-11-24-12-9-19/h3-6,17H,1-2,7-13H2,(H2,21,22,23). The molecule has 1 aliphatic carbocycles. The average Bonchev–Trinajstić information content (AvgIpc) is 3.01. The summed E-state index contributed by atoms with van der Waals surface area (Å²) in [5, 5.41) is 14.8. The number of carbonyl (C=O) groups excluding carboxylic acids is 1. The van der Waals surface area contributed by atoms with Crippen LogP contribution in [0.15, 0.2) is 24.3 Å². The Morgan fingerprint density at radius 2 is 2.04 bits per heavy atom. The van der Waals surface area contributed by atoms with Gasteiger partial charge in [-0.05, 0) is 55.4 Å². The maximum atomic E-state index is 12.2. The lowest BCUT2D eigenvalue weighted by Crippen LogP contribution is -2.50. The molecule has 3 rings (SSSR count). The SMILES string of the molecule is N#Cc1ccc(OCCNC(=O)NC2CCCC23CCOCC3)cc1. The van der Waals surface area contributed by atoms with Gasteiger partial charge in [-0.2, -0.15) is 5.26 Å². The number of nitrogens with one attached hydrogen (secondary N) is 2. The number of benzene rings is 1. The van der Waals surface area contributed by atoms with E-state index < -0.39 is 0 Å². The molecular formula is C19H25N3O3. The van der Waals surface area contributed by atoms with Gasteiger partial charge in [0.2, 0.25) is 0 Å². The Morgan fingerprint density at radius 1 is 1.28 bits per heavy atom. The summed E-state index contributed by atoms with van der Waals surface area (Å²) in [6.45, 7) is 2.44. The zero-order valence-corrected chi connectivity index (χ0v) is 14.4. The number of ether oxygens (including phenoxy) is 2. The number of urea groups is 1. The highest BCUT2D eigenvalue weighted by molar-refractivity contribution is 5.74. The molecule has 2 amide bonds. The van der Waals surface area contributed by atoms with Crippen LogP contribution in [0.1, 0.15) is 37.7 Å². The molecule has 1 aromatic carbocycles. The van der Waals surface area contributed by atoms with E-state index in [1.807, 2.05) is 0 Å². The summed E-state index contributed by atoms with van der Waals surface area (Å²) < 4.78 is 11.1. The molecule has 1 spiro atoms. The number of rotatable bonds is 5. The van der Waals surface area contributed by atoms with Gasteiger partial charge in [0.25, 0.3) is 0 Å². The van der Waals surface area contributed by atoms with Gasteiger partial charge in [-0.1, -0.05) is 6.42 Å². The van der Waals surface area contributed by atoms with Crippen LogP contribution in [0.2, 0.25) is 0 Å². The predicted molar refractivity (Wildman–Crippen MR) is 93.3 cm³/mol. The second-order valence-electron chi connectivity index (χ2n) is 6.80. The zero-order valence-electron chi connectivity index (χ0n) is 14.4. The summed E-state index contributed by atoms with van der Waals surface area (Å²) in [5.41, 5.74) is 0.831. The lowest BCUT2D eigenvalue weighted by molar-refractivity contribution is 0.00623. The van der Waals surface area contributed by atoms with E-state index in [0.717, 1.165) is 32.5 Å². The normalized spacial score (nSPS) is 21.5. The molecule has 0 bridgehead atoms. The Morgan fingerprint density at radius 3 is 2.76 bits per heavy atom. The van der Waals surface area contributed by atoms with Gasteiger partial charge in [0.1, 0.15) is 12.4 Å². The highest BCUT2D eigenvalue weighted by atomic mass is 16.5. The number of amides is 2. The molecule has 1 atom stereocenters. The Balaban J connectivity index is 1.38. The van der Waals surface area contributed by atoms with Crippen LogP contribution in [0.4, 0.5) is 4.79 Å². The van der Waals surface area contributed by atoms with Crippen molar-refractivity contribution < 1.29 is 14.3 Å². The maximum Gasteiger partial charge on any atom is 0.315 e. The first-order valence-corrected chi connectivity index (χ1v) is 8.97. The lowest BCUT2D eigenvalue weighted by Gasteiger charge is -2.39. The van der Waals surface area contributed by atoms with Crippen LogP contribution >= 0.6 is 0 Å². The highest BCUT2D eigenvalue weighted by Gasteiger charge is 2.44. The van der Waals surface area contributed by atoms with Crippen LogP contribution < -0.4 is 15.4 Å². The van der Waals surface area contributed by atoms with Gasteiger partial charge >= 0.3 is 6.03 Å². The van der Waals surface area contributed by atoms with Crippen LogP contribution in [-0.4, -0.2) is 38.4 Å². The molecular weight excluding hydrogens is 318 g/mol. The third-order valence-electron chi connectivity index (χ3n) is 5.34. The number of nitrogens with zero attached hydrogens (tertiary/aromatic N) is 1. The molecule has 1 saturated heterocycles. The molecule has 1 heterocycles. The third kappa shape index (κ3) is 4.43. The van der Waals surface area contributed by atoms with Crippen molar-refractivity contribution in [3.8, 4) is 11.8 Å². The Kier molecular flexibility index (Phi) is 5.77. The molecule has 6 nitrogen and oxygen atoms in total. The average molecular weight is 343 g/mol. The molecule has 1 saturated carbocycles.